The Morgan fingerprint density at radius 2 is 1.70 bits per heavy atom. The number of para-hydroxylation sites is 1. The minimum Gasteiger partial charge on any atom is -0.494 e. The van der Waals surface area contributed by atoms with Crippen LogP contribution >= 0.6 is 11.3 Å². The lowest BCUT2D eigenvalue weighted by Gasteiger charge is -2.09. The first kappa shape index (κ1) is 21.6. The van der Waals surface area contributed by atoms with Crippen LogP contribution in [-0.2, 0) is 9.53 Å². The molecule has 0 spiro atoms. The van der Waals surface area contributed by atoms with E-state index in [2.05, 4.69) is 5.32 Å². The Kier molecular flexibility index (Phi) is 7.25. The zero-order valence-corrected chi connectivity index (χ0v) is 18.2. The molecule has 3 rings (SSSR count). The Morgan fingerprint density at radius 3 is 2.37 bits per heavy atom. The third-order valence-corrected chi connectivity index (χ3v) is 5.65. The number of esters is 1. The number of hydrogen-bond donors (Lipinski definition) is 1. The van der Waals surface area contributed by atoms with Gasteiger partial charge in [0.15, 0.2) is 0 Å². The molecule has 0 aliphatic heterocycles. The number of aryl methyl sites for hydroxylation is 2. The molecular weight excluding hydrogens is 398 g/mol. The first-order chi connectivity index (χ1) is 14.5. The summed E-state index contributed by atoms with van der Waals surface area (Å²) in [7, 11) is 1.35. The van der Waals surface area contributed by atoms with E-state index in [1.807, 2.05) is 68.4 Å². The normalized spacial score (nSPS) is 10.5. The predicted molar refractivity (Wildman–Crippen MR) is 120 cm³/mol. The van der Waals surface area contributed by atoms with Crippen LogP contribution in [0.2, 0.25) is 0 Å². The monoisotopic (exact) mass is 423 g/mol. The van der Waals surface area contributed by atoms with Gasteiger partial charge in [-0.15, -0.1) is 11.3 Å². The molecule has 0 aliphatic rings. The molecule has 0 saturated carbocycles. The van der Waals surface area contributed by atoms with Crippen LogP contribution in [0.3, 0.4) is 0 Å². The minimum absolute atomic E-state index is 0.159. The number of thiophene rings is 1. The summed E-state index contributed by atoms with van der Waals surface area (Å²) in [4.78, 5) is 25.9. The van der Waals surface area contributed by atoms with Crippen molar-refractivity contribution in [2.75, 3.05) is 19.0 Å². The van der Waals surface area contributed by atoms with Gasteiger partial charge in [-0.05, 0) is 38.0 Å². The van der Waals surface area contributed by atoms with Crippen LogP contribution in [0.25, 0.3) is 11.1 Å². The summed E-state index contributed by atoms with van der Waals surface area (Å²) in [5.74, 6) is 0.161. The molecule has 5 nitrogen and oxygen atoms in total. The smallest absolute Gasteiger partial charge is 0.341 e. The number of methoxy groups -OCH3 is 1. The second kappa shape index (κ2) is 10.1. The molecule has 30 heavy (non-hydrogen) atoms. The highest BCUT2D eigenvalue weighted by Crippen LogP contribution is 2.40. The molecule has 3 aromatic rings. The molecule has 0 radical (unpaired) electrons. The Balaban J connectivity index is 1.70. The number of carbonyl (C=O) groups excluding carboxylic acids is 2. The average molecular weight is 424 g/mol. The van der Waals surface area contributed by atoms with Crippen molar-refractivity contribution in [3.63, 3.8) is 0 Å². The molecular formula is C24H25NO4S. The molecule has 0 aliphatic carbocycles. The summed E-state index contributed by atoms with van der Waals surface area (Å²) >= 11 is 1.38. The Labute approximate surface area is 180 Å². The average Bonchev–Trinajstić information content (AvgIpc) is 3.07. The van der Waals surface area contributed by atoms with E-state index in [1.165, 1.54) is 18.4 Å². The van der Waals surface area contributed by atoms with Crippen molar-refractivity contribution in [1.29, 1.82) is 0 Å². The first-order valence-corrected chi connectivity index (χ1v) is 10.6. The van der Waals surface area contributed by atoms with E-state index in [0.717, 1.165) is 27.3 Å². The van der Waals surface area contributed by atoms with E-state index >= 15 is 0 Å². The zero-order chi connectivity index (χ0) is 21.5. The Hall–Kier alpha value is -3.12. The summed E-state index contributed by atoms with van der Waals surface area (Å²) < 4.78 is 10.6. The molecule has 0 atom stereocenters. The van der Waals surface area contributed by atoms with Crippen LogP contribution in [-0.4, -0.2) is 25.6 Å². The minimum atomic E-state index is -0.461. The molecule has 6 heteroatoms. The van der Waals surface area contributed by atoms with Crippen LogP contribution < -0.4 is 10.1 Å². The van der Waals surface area contributed by atoms with Gasteiger partial charge in [-0.2, -0.15) is 0 Å². The number of benzene rings is 2. The third kappa shape index (κ3) is 5.27. The van der Waals surface area contributed by atoms with E-state index < -0.39 is 5.97 Å². The molecule has 1 amide bonds. The SMILES string of the molecule is COC(=O)c1c(NC(=O)CCCOc2ccccc2)sc(C)c1-c1ccc(C)cc1. The summed E-state index contributed by atoms with van der Waals surface area (Å²) in [5.41, 5.74) is 3.26. The van der Waals surface area contributed by atoms with Gasteiger partial charge in [-0.3, -0.25) is 4.79 Å². The summed E-state index contributed by atoms with van der Waals surface area (Å²) in [5, 5.41) is 3.41. The van der Waals surface area contributed by atoms with Crippen molar-refractivity contribution < 1.29 is 19.1 Å². The number of amides is 1. The Morgan fingerprint density at radius 1 is 1.00 bits per heavy atom. The highest BCUT2D eigenvalue weighted by molar-refractivity contribution is 7.17. The standard InChI is InChI=1S/C24H25NO4S/c1-16-11-13-18(14-12-16)21-17(2)30-23(22(21)24(27)28-3)25-20(26)10-7-15-29-19-8-5-4-6-9-19/h4-6,8-9,11-14H,7,10,15H2,1-3H3,(H,25,26). The number of ether oxygens (including phenoxy) is 2. The van der Waals surface area contributed by atoms with E-state index in [4.69, 9.17) is 9.47 Å². The molecule has 156 valence electrons. The van der Waals surface area contributed by atoms with Crippen LogP contribution in [0, 0.1) is 13.8 Å². The van der Waals surface area contributed by atoms with Gasteiger partial charge in [0.05, 0.1) is 13.7 Å². The topological polar surface area (TPSA) is 64.6 Å². The van der Waals surface area contributed by atoms with Crippen LogP contribution in [0.15, 0.2) is 54.6 Å². The maximum Gasteiger partial charge on any atom is 0.341 e. The van der Waals surface area contributed by atoms with Gasteiger partial charge in [0.25, 0.3) is 0 Å². The van der Waals surface area contributed by atoms with Gasteiger partial charge in [0.1, 0.15) is 16.3 Å². The van der Waals surface area contributed by atoms with E-state index in [9.17, 15) is 9.59 Å². The van der Waals surface area contributed by atoms with Crippen molar-refractivity contribution in [3.05, 3.63) is 70.6 Å². The first-order valence-electron chi connectivity index (χ1n) is 9.76. The van der Waals surface area contributed by atoms with Crippen molar-refractivity contribution in [2.24, 2.45) is 0 Å². The van der Waals surface area contributed by atoms with E-state index in [-0.39, 0.29) is 5.91 Å². The quantitative estimate of drug-likeness (QED) is 0.377. The fraction of sp³-hybridized carbons (Fsp3) is 0.250. The molecule has 0 bridgehead atoms. The van der Waals surface area contributed by atoms with Gasteiger partial charge < -0.3 is 14.8 Å². The molecule has 0 saturated heterocycles. The highest BCUT2D eigenvalue weighted by Gasteiger charge is 2.25. The fourth-order valence-electron chi connectivity index (χ4n) is 3.13. The van der Waals surface area contributed by atoms with Crippen LogP contribution in [0.5, 0.6) is 5.75 Å². The second-order valence-corrected chi connectivity index (χ2v) is 8.13. The number of anilines is 1. The third-order valence-electron chi connectivity index (χ3n) is 4.63. The Bertz CT molecular complexity index is 1010. The van der Waals surface area contributed by atoms with Crippen molar-refractivity contribution in [2.45, 2.75) is 26.7 Å². The predicted octanol–water partition coefficient (Wildman–Crippen LogP) is 5.62. The largest absolute Gasteiger partial charge is 0.494 e. The zero-order valence-electron chi connectivity index (χ0n) is 17.4. The van der Waals surface area contributed by atoms with Crippen molar-refractivity contribution in [1.82, 2.24) is 0 Å². The summed E-state index contributed by atoms with van der Waals surface area (Å²) in [6.07, 6.45) is 0.869. The molecule has 2 aromatic carbocycles. The fourth-order valence-corrected chi connectivity index (χ4v) is 4.21. The maximum atomic E-state index is 12.5. The number of nitrogens with one attached hydrogen (secondary N) is 1. The molecule has 1 heterocycles. The van der Waals surface area contributed by atoms with Gasteiger partial charge in [0, 0.05) is 16.9 Å². The highest BCUT2D eigenvalue weighted by atomic mass is 32.1. The molecule has 1 N–H and O–H groups in total. The molecule has 1 aromatic heterocycles. The number of hydrogen-bond acceptors (Lipinski definition) is 5. The van der Waals surface area contributed by atoms with E-state index in [1.54, 1.807) is 0 Å². The van der Waals surface area contributed by atoms with Crippen molar-refractivity contribution in [3.8, 4) is 16.9 Å². The van der Waals surface area contributed by atoms with Crippen LogP contribution in [0.4, 0.5) is 5.00 Å². The van der Waals surface area contributed by atoms with Crippen LogP contribution in [0.1, 0.15) is 33.6 Å². The maximum absolute atomic E-state index is 12.5. The second-order valence-electron chi connectivity index (χ2n) is 6.91. The van der Waals surface area contributed by atoms with Gasteiger partial charge in [-0.1, -0.05) is 48.0 Å². The lowest BCUT2D eigenvalue weighted by atomic mass is 10.0. The molecule has 0 fully saturated rings. The lowest BCUT2D eigenvalue weighted by molar-refractivity contribution is -0.116. The van der Waals surface area contributed by atoms with Crippen molar-refractivity contribution >= 4 is 28.2 Å². The summed E-state index contributed by atoms with van der Waals surface area (Å²) in [6, 6.07) is 17.4. The molecule has 0 unspecified atom stereocenters. The van der Waals surface area contributed by atoms with Gasteiger partial charge in [-0.25, -0.2) is 4.79 Å². The number of carbonyl (C=O) groups is 2. The number of rotatable bonds is 8. The van der Waals surface area contributed by atoms with Gasteiger partial charge in [0.2, 0.25) is 5.91 Å². The van der Waals surface area contributed by atoms with E-state index in [0.29, 0.717) is 30.0 Å². The lowest BCUT2D eigenvalue weighted by Crippen LogP contribution is -2.14. The van der Waals surface area contributed by atoms with Gasteiger partial charge >= 0.3 is 5.97 Å². The summed E-state index contributed by atoms with van der Waals surface area (Å²) in [6.45, 7) is 4.40.